The molecule has 1 aromatic heterocycles. The average Bonchev–Trinajstić information content (AvgIpc) is 2.51. The van der Waals surface area contributed by atoms with E-state index >= 15 is 0 Å². The van der Waals surface area contributed by atoms with Crippen molar-refractivity contribution in [2.75, 3.05) is 5.32 Å². The highest BCUT2D eigenvalue weighted by Gasteiger charge is 2.08. The SMILES string of the molecule is CCC(C)CC(C)Nc1nccn1C. The fourth-order valence-electron chi connectivity index (χ4n) is 1.55. The minimum absolute atomic E-state index is 0.492. The van der Waals surface area contributed by atoms with Crippen molar-refractivity contribution in [2.24, 2.45) is 13.0 Å². The number of hydrogen-bond donors (Lipinski definition) is 1. The molecule has 1 aromatic rings. The van der Waals surface area contributed by atoms with Gasteiger partial charge in [0.25, 0.3) is 0 Å². The van der Waals surface area contributed by atoms with Gasteiger partial charge in [-0.15, -0.1) is 0 Å². The van der Waals surface area contributed by atoms with Crippen LogP contribution in [-0.2, 0) is 7.05 Å². The molecule has 0 saturated carbocycles. The predicted molar refractivity (Wildman–Crippen MR) is 60.4 cm³/mol. The Balaban J connectivity index is 2.41. The summed E-state index contributed by atoms with van der Waals surface area (Å²) in [6.45, 7) is 6.73. The first-order valence-corrected chi connectivity index (χ1v) is 5.37. The Morgan fingerprint density at radius 1 is 1.50 bits per heavy atom. The zero-order valence-electron chi connectivity index (χ0n) is 9.62. The molecule has 0 aliphatic heterocycles. The predicted octanol–water partition coefficient (Wildman–Crippen LogP) is 2.66. The molecule has 0 radical (unpaired) electrons. The fraction of sp³-hybridized carbons (Fsp3) is 0.727. The highest BCUT2D eigenvalue weighted by Crippen LogP contribution is 2.13. The molecule has 1 heterocycles. The maximum Gasteiger partial charge on any atom is 0.202 e. The molecule has 1 N–H and O–H groups in total. The van der Waals surface area contributed by atoms with Gasteiger partial charge in [-0.3, -0.25) is 0 Å². The minimum atomic E-state index is 0.492. The van der Waals surface area contributed by atoms with Gasteiger partial charge in [-0.1, -0.05) is 20.3 Å². The molecule has 0 amide bonds. The van der Waals surface area contributed by atoms with Crippen LogP contribution in [0, 0.1) is 5.92 Å². The van der Waals surface area contributed by atoms with Gasteiger partial charge in [0.1, 0.15) is 0 Å². The second kappa shape index (κ2) is 5.03. The Bertz CT molecular complexity index is 267. The Labute approximate surface area is 86.5 Å². The van der Waals surface area contributed by atoms with Crippen LogP contribution >= 0.6 is 0 Å². The minimum Gasteiger partial charge on any atom is -0.353 e. The first-order chi connectivity index (χ1) is 6.63. The van der Waals surface area contributed by atoms with Gasteiger partial charge in [-0.25, -0.2) is 4.98 Å². The standard InChI is InChI=1S/C11H21N3/c1-5-9(2)8-10(3)13-11-12-6-7-14(11)4/h6-7,9-10H,5,8H2,1-4H3,(H,12,13). The first-order valence-electron chi connectivity index (χ1n) is 5.37. The van der Waals surface area contributed by atoms with Crippen LogP contribution in [-0.4, -0.2) is 15.6 Å². The molecule has 3 heteroatoms. The molecule has 2 unspecified atom stereocenters. The molecule has 0 bridgehead atoms. The highest BCUT2D eigenvalue weighted by molar-refractivity contribution is 5.26. The molecule has 14 heavy (non-hydrogen) atoms. The van der Waals surface area contributed by atoms with Crippen LogP contribution in [0.1, 0.15) is 33.6 Å². The summed E-state index contributed by atoms with van der Waals surface area (Å²) < 4.78 is 2.01. The van der Waals surface area contributed by atoms with Gasteiger partial charge in [0.15, 0.2) is 0 Å². The number of anilines is 1. The summed E-state index contributed by atoms with van der Waals surface area (Å²) in [5.41, 5.74) is 0. The zero-order valence-corrected chi connectivity index (χ0v) is 9.62. The van der Waals surface area contributed by atoms with Crippen molar-refractivity contribution in [1.29, 1.82) is 0 Å². The van der Waals surface area contributed by atoms with E-state index in [-0.39, 0.29) is 0 Å². The fourth-order valence-corrected chi connectivity index (χ4v) is 1.55. The number of nitrogens with one attached hydrogen (secondary N) is 1. The van der Waals surface area contributed by atoms with E-state index < -0.39 is 0 Å². The summed E-state index contributed by atoms with van der Waals surface area (Å²) in [5, 5.41) is 3.41. The van der Waals surface area contributed by atoms with Crippen molar-refractivity contribution in [1.82, 2.24) is 9.55 Å². The van der Waals surface area contributed by atoms with Crippen LogP contribution in [0.25, 0.3) is 0 Å². The molecule has 0 fully saturated rings. The lowest BCUT2D eigenvalue weighted by Gasteiger charge is -2.17. The molecule has 0 saturated heterocycles. The summed E-state index contributed by atoms with van der Waals surface area (Å²) >= 11 is 0. The van der Waals surface area contributed by atoms with Gasteiger partial charge < -0.3 is 9.88 Å². The van der Waals surface area contributed by atoms with Crippen molar-refractivity contribution in [3.63, 3.8) is 0 Å². The summed E-state index contributed by atoms with van der Waals surface area (Å²) in [5.74, 6) is 1.73. The summed E-state index contributed by atoms with van der Waals surface area (Å²) in [6, 6.07) is 0.492. The van der Waals surface area contributed by atoms with E-state index in [1.165, 1.54) is 12.8 Å². The van der Waals surface area contributed by atoms with E-state index in [1.54, 1.807) is 0 Å². The second-order valence-electron chi connectivity index (χ2n) is 4.16. The maximum absolute atomic E-state index is 4.24. The van der Waals surface area contributed by atoms with E-state index in [0.29, 0.717) is 6.04 Å². The number of rotatable bonds is 5. The van der Waals surface area contributed by atoms with E-state index in [2.05, 4.69) is 31.1 Å². The summed E-state index contributed by atoms with van der Waals surface area (Å²) in [7, 11) is 2.01. The lowest BCUT2D eigenvalue weighted by Crippen LogP contribution is -2.20. The number of aryl methyl sites for hydroxylation is 1. The number of imidazole rings is 1. The van der Waals surface area contributed by atoms with Crippen molar-refractivity contribution in [2.45, 2.75) is 39.7 Å². The zero-order chi connectivity index (χ0) is 10.6. The lowest BCUT2D eigenvalue weighted by molar-refractivity contribution is 0.482. The number of hydrogen-bond acceptors (Lipinski definition) is 2. The Morgan fingerprint density at radius 2 is 2.21 bits per heavy atom. The van der Waals surface area contributed by atoms with Gasteiger partial charge in [-0.05, 0) is 19.3 Å². The van der Waals surface area contributed by atoms with Crippen molar-refractivity contribution >= 4 is 5.95 Å². The molecule has 0 aliphatic rings. The molecule has 0 aliphatic carbocycles. The van der Waals surface area contributed by atoms with Crippen LogP contribution in [0.4, 0.5) is 5.95 Å². The number of nitrogens with zero attached hydrogens (tertiary/aromatic N) is 2. The third-order valence-corrected chi connectivity index (χ3v) is 2.65. The summed E-state index contributed by atoms with van der Waals surface area (Å²) in [6.07, 6.45) is 6.21. The maximum atomic E-state index is 4.24. The lowest BCUT2D eigenvalue weighted by atomic mass is 10.0. The van der Waals surface area contributed by atoms with Crippen LogP contribution < -0.4 is 5.32 Å². The molecule has 2 atom stereocenters. The van der Waals surface area contributed by atoms with Gasteiger partial charge >= 0.3 is 0 Å². The van der Waals surface area contributed by atoms with Crippen LogP contribution in [0.15, 0.2) is 12.4 Å². The Morgan fingerprint density at radius 3 is 2.71 bits per heavy atom. The van der Waals surface area contributed by atoms with E-state index in [1.807, 2.05) is 24.0 Å². The summed E-state index contributed by atoms with van der Waals surface area (Å²) in [4.78, 5) is 4.24. The van der Waals surface area contributed by atoms with E-state index in [0.717, 1.165) is 11.9 Å². The van der Waals surface area contributed by atoms with Crippen molar-refractivity contribution in [3.05, 3.63) is 12.4 Å². The van der Waals surface area contributed by atoms with Crippen LogP contribution in [0.2, 0.25) is 0 Å². The topological polar surface area (TPSA) is 29.9 Å². The molecule has 80 valence electrons. The van der Waals surface area contributed by atoms with Gasteiger partial charge in [0, 0.05) is 25.5 Å². The van der Waals surface area contributed by atoms with E-state index in [4.69, 9.17) is 0 Å². The van der Waals surface area contributed by atoms with Gasteiger partial charge in [0.2, 0.25) is 5.95 Å². The van der Waals surface area contributed by atoms with E-state index in [9.17, 15) is 0 Å². The molecular weight excluding hydrogens is 174 g/mol. The normalized spacial score (nSPS) is 15.1. The van der Waals surface area contributed by atoms with Gasteiger partial charge in [0.05, 0.1) is 0 Å². The smallest absolute Gasteiger partial charge is 0.202 e. The Kier molecular flexibility index (Phi) is 3.98. The molecule has 1 rings (SSSR count). The third-order valence-electron chi connectivity index (χ3n) is 2.65. The molecule has 0 spiro atoms. The molecular formula is C11H21N3. The van der Waals surface area contributed by atoms with Gasteiger partial charge in [-0.2, -0.15) is 0 Å². The largest absolute Gasteiger partial charge is 0.353 e. The molecule has 0 aromatic carbocycles. The number of aromatic nitrogens is 2. The highest BCUT2D eigenvalue weighted by atomic mass is 15.2. The average molecular weight is 195 g/mol. The molecule has 3 nitrogen and oxygen atoms in total. The van der Waals surface area contributed by atoms with Crippen LogP contribution in [0.3, 0.4) is 0 Å². The Hall–Kier alpha value is -0.990. The third kappa shape index (κ3) is 3.05. The quantitative estimate of drug-likeness (QED) is 0.782. The first kappa shape index (κ1) is 11.1. The van der Waals surface area contributed by atoms with Crippen LogP contribution in [0.5, 0.6) is 0 Å². The van der Waals surface area contributed by atoms with Crippen molar-refractivity contribution < 1.29 is 0 Å². The monoisotopic (exact) mass is 195 g/mol. The van der Waals surface area contributed by atoms with Crippen molar-refractivity contribution in [3.8, 4) is 0 Å². The second-order valence-corrected chi connectivity index (χ2v) is 4.16.